The molecule has 3 aromatic rings. The van der Waals surface area contributed by atoms with E-state index in [1.165, 1.54) is 16.8 Å². The van der Waals surface area contributed by atoms with E-state index in [1.54, 1.807) is 21.5 Å². The predicted molar refractivity (Wildman–Crippen MR) is 181 cm³/mol. The van der Waals surface area contributed by atoms with Gasteiger partial charge in [-0.3, -0.25) is 9.97 Å². The molecule has 2 nitrogen and oxygen atoms in total. The second-order valence-corrected chi connectivity index (χ2v) is 30.7. The molecular formula is C32H50N2P2Si2. The molecule has 1 aromatic carbocycles. The molecule has 206 valence electrons. The standard InChI is InChI=1S/C32H50N2P2Si2/c1-31(2,3)36(32(4,5)6)24-26-20-30(38(10,11)12)29(37(7,8)9)19-25(26)23-35(27-15-13-17-33-21-27)28-16-14-18-34-22-28/h13-22H,23-24H2,1-12H3. The molecule has 3 rings (SSSR count). The molecule has 38 heavy (non-hydrogen) atoms. The average Bonchev–Trinajstić information content (AvgIpc) is 2.79. The summed E-state index contributed by atoms with van der Waals surface area (Å²) >= 11 is 0. The quantitative estimate of drug-likeness (QED) is 0.201. The Morgan fingerprint density at radius 1 is 0.632 bits per heavy atom. The van der Waals surface area contributed by atoms with Crippen molar-refractivity contribution in [3.8, 4) is 0 Å². The Hall–Kier alpha value is -1.19. The summed E-state index contributed by atoms with van der Waals surface area (Å²) in [6, 6.07) is 14.1. The summed E-state index contributed by atoms with van der Waals surface area (Å²) in [5.74, 6) is 0. The van der Waals surface area contributed by atoms with Gasteiger partial charge in [-0.1, -0.05) is 123 Å². The number of hydrogen-bond donors (Lipinski definition) is 0. The third kappa shape index (κ3) is 7.94. The van der Waals surface area contributed by atoms with Crippen LogP contribution in [0.25, 0.3) is 0 Å². The predicted octanol–water partition coefficient (Wildman–Crippen LogP) is 7.78. The first-order chi connectivity index (χ1) is 17.4. The van der Waals surface area contributed by atoms with E-state index in [-0.39, 0.29) is 7.92 Å². The molecule has 0 unspecified atom stereocenters. The zero-order valence-corrected chi connectivity index (χ0v) is 29.8. The van der Waals surface area contributed by atoms with Crippen LogP contribution in [0.4, 0.5) is 0 Å². The third-order valence-electron chi connectivity index (χ3n) is 7.15. The number of hydrogen-bond acceptors (Lipinski definition) is 2. The second kappa shape index (κ2) is 11.7. The maximum absolute atomic E-state index is 4.52. The fourth-order valence-electron chi connectivity index (χ4n) is 5.40. The molecular weight excluding hydrogens is 530 g/mol. The molecule has 0 bridgehead atoms. The Morgan fingerprint density at radius 3 is 1.34 bits per heavy atom. The molecule has 0 amide bonds. The van der Waals surface area contributed by atoms with Crippen molar-refractivity contribution in [2.45, 2.75) is 103 Å². The molecule has 6 heteroatoms. The molecule has 2 heterocycles. The topological polar surface area (TPSA) is 25.8 Å². The maximum Gasteiger partial charge on any atom is 0.0774 e. The van der Waals surface area contributed by atoms with Crippen molar-refractivity contribution in [1.82, 2.24) is 9.97 Å². The summed E-state index contributed by atoms with van der Waals surface area (Å²) in [7, 11) is -3.91. The molecule has 0 saturated heterocycles. The number of rotatable bonds is 8. The van der Waals surface area contributed by atoms with Gasteiger partial charge in [0.25, 0.3) is 0 Å². The average molecular weight is 581 g/mol. The minimum atomic E-state index is -1.54. The smallest absolute Gasteiger partial charge is 0.0774 e. The zero-order chi connectivity index (χ0) is 28.5. The summed E-state index contributed by atoms with van der Waals surface area (Å²) in [6.45, 7) is 29.9. The second-order valence-electron chi connectivity index (χ2n) is 14.6. The van der Waals surface area contributed by atoms with Crippen LogP contribution >= 0.6 is 15.8 Å². The van der Waals surface area contributed by atoms with E-state index in [1.807, 2.05) is 12.4 Å². The van der Waals surface area contributed by atoms with Crippen molar-refractivity contribution >= 4 is 53.0 Å². The molecule has 0 N–H and O–H groups in total. The maximum atomic E-state index is 4.52. The number of benzene rings is 1. The number of pyridine rings is 2. The molecule has 0 aliphatic rings. The van der Waals surface area contributed by atoms with Gasteiger partial charge in [-0.2, -0.15) is 0 Å². The molecule has 0 aliphatic heterocycles. The lowest BCUT2D eigenvalue weighted by Gasteiger charge is -2.42. The van der Waals surface area contributed by atoms with Crippen LogP contribution < -0.4 is 21.0 Å². The molecule has 0 saturated carbocycles. The van der Waals surface area contributed by atoms with Gasteiger partial charge >= 0.3 is 0 Å². The lowest BCUT2D eigenvalue weighted by molar-refractivity contribution is 0.702. The van der Waals surface area contributed by atoms with E-state index in [9.17, 15) is 0 Å². The van der Waals surface area contributed by atoms with Gasteiger partial charge in [0.1, 0.15) is 0 Å². The molecule has 0 atom stereocenters. The third-order valence-corrected chi connectivity index (χ3v) is 17.8. The minimum Gasteiger partial charge on any atom is -0.264 e. The van der Waals surface area contributed by atoms with Crippen LogP contribution in [0.3, 0.4) is 0 Å². The SMILES string of the molecule is CC(C)(C)P(Cc1cc([Si](C)(C)C)c([Si](C)(C)C)cc1CP(c1cccnc1)c1cccnc1)C(C)(C)C. The Bertz CT molecular complexity index is 1150. The van der Waals surface area contributed by atoms with Crippen molar-refractivity contribution in [1.29, 1.82) is 0 Å². The molecule has 0 radical (unpaired) electrons. The highest BCUT2D eigenvalue weighted by Crippen LogP contribution is 2.61. The van der Waals surface area contributed by atoms with E-state index in [0.29, 0.717) is 10.3 Å². The summed E-state index contributed by atoms with van der Waals surface area (Å²) in [5.41, 5.74) is 3.16. The van der Waals surface area contributed by atoms with Crippen molar-refractivity contribution in [2.75, 3.05) is 0 Å². The Balaban J connectivity index is 2.28. The fourth-order valence-corrected chi connectivity index (χ4v) is 16.5. The van der Waals surface area contributed by atoms with Gasteiger partial charge in [0.2, 0.25) is 0 Å². The van der Waals surface area contributed by atoms with Crippen molar-refractivity contribution in [3.05, 3.63) is 72.3 Å². The highest BCUT2D eigenvalue weighted by atomic mass is 31.1. The summed E-state index contributed by atoms with van der Waals surface area (Å²) < 4.78 is 0. The lowest BCUT2D eigenvalue weighted by atomic mass is 10.1. The van der Waals surface area contributed by atoms with Crippen LogP contribution in [-0.2, 0) is 12.3 Å². The van der Waals surface area contributed by atoms with Gasteiger partial charge in [0.05, 0.1) is 16.1 Å². The minimum absolute atomic E-state index is 0.245. The van der Waals surface area contributed by atoms with Gasteiger partial charge in [-0.15, -0.1) is 0 Å². The monoisotopic (exact) mass is 580 g/mol. The van der Waals surface area contributed by atoms with E-state index in [0.717, 1.165) is 6.16 Å². The molecule has 2 aromatic heterocycles. The zero-order valence-electron chi connectivity index (χ0n) is 26.0. The van der Waals surface area contributed by atoms with Gasteiger partial charge in [-0.05, 0) is 58.3 Å². The number of nitrogens with zero attached hydrogens (tertiary/aromatic N) is 2. The first kappa shape index (κ1) is 31.3. The highest BCUT2D eigenvalue weighted by Gasteiger charge is 2.36. The molecule has 0 aliphatic carbocycles. The Morgan fingerprint density at radius 2 is 1.03 bits per heavy atom. The van der Waals surface area contributed by atoms with Gasteiger partial charge in [0.15, 0.2) is 0 Å². The first-order valence-corrected chi connectivity index (χ1v) is 24.0. The lowest BCUT2D eigenvalue weighted by Crippen LogP contribution is -2.56. The highest BCUT2D eigenvalue weighted by molar-refractivity contribution is 7.72. The van der Waals surface area contributed by atoms with E-state index < -0.39 is 24.1 Å². The number of aromatic nitrogens is 2. The first-order valence-electron chi connectivity index (χ1n) is 13.9. The van der Waals surface area contributed by atoms with Crippen LogP contribution in [0.15, 0.2) is 61.2 Å². The molecule has 0 fully saturated rings. The fraction of sp³-hybridized carbons (Fsp3) is 0.500. The summed E-state index contributed by atoms with van der Waals surface area (Å²) in [6.07, 6.45) is 10.2. The molecule has 0 spiro atoms. The summed E-state index contributed by atoms with van der Waals surface area (Å²) in [5, 5.41) is 6.62. The van der Waals surface area contributed by atoms with Crippen molar-refractivity contribution in [3.63, 3.8) is 0 Å². The van der Waals surface area contributed by atoms with Crippen molar-refractivity contribution < 1.29 is 0 Å². The normalized spacial score (nSPS) is 13.4. The van der Waals surface area contributed by atoms with E-state index in [4.69, 9.17) is 0 Å². The van der Waals surface area contributed by atoms with Crippen LogP contribution in [0, 0.1) is 0 Å². The van der Waals surface area contributed by atoms with Crippen LogP contribution in [0.5, 0.6) is 0 Å². The van der Waals surface area contributed by atoms with Crippen molar-refractivity contribution in [2.24, 2.45) is 0 Å². The van der Waals surface area contributed by atoms with Gasteiger partial charge in [0, 0.05) is 30.9 Å². The van der Waals surface area contributed by atoms with Crippen LogP contribution in [0.1, 0.15) is 52.7 Å². The van der Waals surface area contributed by atoms with E-state index in [2.05, 4.69) is 140 Å². The summed E-state index contributed by atoms with van der Waals surface area (Å²) in [4.78, 5) is 9.05. The largest absolute Gasteiger partial charge is 0.264 e. The van der Waals surface area contributed by atoms with Crippen LogP contribution in [0.2, 0.25) is 39.3 Å². The van der Waals surface area contributed by atoms with Gasteiger partial charge < -0.3 is 0 Å². The van der Waals surface area contributed by atoms with Crippen LogP contribution in [-0.4, -0.2) is 36.4 Å². The Labute approximate surface area is 238 Å². The van der Waals surface area contributed by atoms with E-state index >= 15 is 0 Å². The Kier molecular flexibility index (Phi) is 9.68. The van der Waals surface area contributed by atoms with Gasteiger partial charge in [-0.25, -0.2) is 0 Å².